The summed E-state index contributed by atoms with van der Waals surface area (Å²) in [6.07, 6.45) is 4.37. The van der Waals surface area contributed by atoms with Gasteiger partial charge in [-0.15, -0.1) is 0 Å². The Morgan fingerprint density at radius 2 is 2.30 bits per heavy atom. The minimum absolute atomic E-state index is 0.0341. The molecule has 0 radical (unpaired) electrons. The third-order valence-corrected chi connectivity index (χ3v) is 4.53. The number of nitrogens with one attached hydrogen (secondary N) is 2. The number of nitrogens with zero attached hydrogens (tertiary/aromatic N) is 1. The Morgan fingerprint density at radius 1 is 1.43 bits per heavy atom. The van der Waals surface area contributed by atoms with Gasteiger partial charge in [-0.05, 0) is 48.9 Å². The molecule has 1 aliphatic heterocycles. The number of aromatic nitrogens is 1. The quantitative estimate of drug-likeness (QED) is 0.678. The van der Waals surface area contributed by atoms with E-state index < -0.39 is 0 Å². The van der Waals surface area contributed by atoms with Gasteiger partial charge in [0.25, 0.3) is 0 Å². The fraction of sp³-hybridized carbons (Fsp3) is 0.471. The number of likely N-dealkylation sites (tertiary alicyclic amines) is 1. The normalized spacial score (nSPS) is 17.8. The number of aliphatic hydroxyl groups excluding tert-OH is 1. The number of amides is 2. The second-order valence-electron chi connectivity index (χ2n) is 6.14. The third kappa shape index (κ3) is 3.59. The average Bonchev–Trinajstić information content (AvgIpc) is 3.15. The van der Waals surface area contributed by atoms with E-state index in [1.54, 1.807) is 12.1 Å². The van der Waals surface area contributed by atoms with Gasteiger partial charge in [0.05, 0.1) is 0 Å². The minimum atomic E-state index is -0.0341. The summed E-state index contributed by atoms with van der Waals surface area (Å²) in [7, 11) is 0. The first-order valence-electron chi connectivity index (χ1n) is 8.10. The Morgan fingerprint density at radius 3 is 3.13 bits per heavy atom. The van der Waals surface area contributed by atoms with Crippen molar-refractivity contribution in [1.82, 2.24) is 15.2 Å². The van der Waals surface area contributed by atoms with E-state index in [0.29, 0.717) is 18.9 Å². The van der Waals surface area contributed by atoms with Crippen LogP contribution in [0.5, 0.6) is 5.75 Å². The van der Waals surface area contributed by atoms with Crippen LogP contribution in [0.1, 0.15) is 18.4 Å². The number of benzene rings is 1. The van der Waals surface area contributed by atoms with Crippen LogP contribution in [-0.4, -0.2) is 52.4 Å². The van der Waals surface area contributed by atoms with E-state index in [1.807, 2.05) is 17.2 Å². The van der Waals surface area contributed by atoms with E-state index in [0.717, 1.165) is 42.4 Å². The van der Waals surface area contributed by atoms with Crippen LogP contribution < -0.4 is 5.32 Å². The summed E-state index contributed by atoms with van der Waals surface area (Å²) in [6, 6.07) is 5.20. The van der Waals surface area contributed by atoms with Crippen molar-refractivity contribution >= 4 is 16.9 Å². The molecule has 3 rings (SSSR count). The minimum Gasteiger partial charge on any atom is -0.508 e. The van der Waals surface area contributed by atoms with Gasteiger partial charge in [0.1, 0.15) is 5.75 Å². The number of phenolic OH excluding ortho intramolecular Hbond substituents is 1. The van der Waals surface area contributed by atoms with Crippen LogP contribution in [0, 0.1) is 5.92 Å². The lowest BCUT2D eigenvalue weighted by molar-refractivity contribution is 0.204. The highest BCUT2D eigenvalue weighted by molar-refractivity contribution is 5.84. The zero-order chi connectivity index (χ0) is 16.2. The van der Waals surface area contributed by atoms with E-state index >= 15 is 0 Å². The Hall–Kier alpha value is -2.21. The molecule has 23 heavy (non-hydrogen) atoms. The third-order valence-electron chi connectivity index (χ3n) is 4.53. The number of aromatic amines is 1. The molecule has 0 spiro atoms. The summed E-state index contributed by atoms with van der Waals surface area (Å²) in [5.41, 5.74) is 2.06. The number of aliphatic hydroxyl groups is 1. The second-order valence-corrected chi connectivity index (χ2v) is 6.14. The lowest BCUT2D eigenvalue weighted by Gasteiger charge is -2.17. The molecule has 6 heteroatoms. The highest BCUT2D eigenvalue weighted by Crippen LogP contribution is 2.23. The molecule has 1 aliphatic rings. The number of aromatic hydroxyl groups is 1. The zero-order valence-corrected chi connectivity index (χ0v) is 13.1. The first kappa shape index (κ1) is 15.7. The molecular weight excluding hydrogens is 294 g/mol. The first-order chi connectivity index (χ1) is 11.2. The zero-order valence-electron chi connectivity index (χ0n) is 13.1. The van der Waals surface area contributed by atoms with Crippen LogP contribution >= 0.6 is 0 Å². The molecule has 4 N–H and O–H groups in total. The van der Waals surface area contributed by atoms with Crippen molar-refractivity contribution in [3.05, 3.63) is 30.0 Å². The van der Waals surface area contributed by atoms with Gasteiger partial charge in [0, 0.05) is 43.3 Å². The van der Waals surface area contributed by atoms with Gasteiger partial charge in [0.2, 0.25) is 0 Å². The lowest BCUT2D eigenvalue weighted by Crippen LogP contribution is -2.39. The number of carbonyl (C=O) groups is 1. The Labute approximate surface area is 135 Å². The van der Waals surface area contributed by atoms with Gasteiger partial charge in [-0.1, -0.05) is 0 Å². The van der Waals surface area contributed by atoms with Gasteiger partial charge < -0.3 is 25.4 Å². The number of hydrogen-bond acceptors (Lipinski definition) is 3. The molecule has 2 heterocycles. The van der Waals surface area contributed by atoms with Crippen LogP contribution in [0.15, 0.2) is 24.4 Å². The number of H-pyrrole nitrogens is 1. The second kappa shape index (κ2) is 6.91. The number of rotatable bonds is 5. The van der Waals surface area contributed by atoms with Crippen LogP contribution in [0.3, 0.4) is 0 Å². The number of urea groups is 1. The van der Waals surface area contributed by atoms with Crippen molar-refractivity contribution in [2.75, 3.05) is 26.2 Å². The molecule has 6 nitrogen and oxygen atoms in total. The van der Waals surface area contributed by atoms with Gasteiger partial charge in [-0.3, -0.25) is 0 Å². The molecule has 0 saturated carbocycles. The fourth-order valence-electron chi connectivity index (χ4n) is 3.22. The Kier molecular flexibility index (Phi) is 4.71. The van der Waals surface area contributed by atoms with Crippen molar-refractivity contribution in [2.24, 2.45) is 5.92 Å². The maximum atomic E-state index is 12.1. The lowest BCUT2D eigenvalue weighted by atomic mass is 10.1. The number of hydrogen-bond donors (Lipinski definition) is 4. The van der Waals surface area contributed by atoms with E-state index in [9.17, 15) is 9.90 Å². The molecule has 1 aromatic heterocycles. The summed E-state index contributed by atoms with van der Waals surface area (Å²) in [4.78, 5) is 17.1. The number of phenols is 1. The highest BCUT2D eigenvalue weighted by atomic mass is 16.3. The van der Waals surface area contributed by atoms with Crippen molar-refractivity contribution in [1.29, 1.82) is 0 Å². The van der Waals surface area contributed by atoms with Crippen molar-refractivity contribution in [3.8, 4) is 5.75 Å². The summed E-state index contributed by atoms with van der Waals surface area (Å²) >= 11 is 0. The summed E-state index contributed by atoms with van der Waals surface area (Å²) in [5, 5.41) is 22.5. The topological polar surface area (TPSA) is 88.6 Å². The molecule has 2 aromatic rings. The summed E-state index contributed by atoms with van der Waals surface area (Å²) in [5.74, 6) is 0.664. The highest BCUT2D eigenvalue weighted by Gasteiger charge is 2.25. The van der Waals surface area contributed by atoms with Crippen LogP contribution in [-0.2, 0) is 6.42 Å². The summed E-state index contributed by atoms with van der Waals surface area (Å²) in [6.45, 7) is 2.24. The molecule has 1 fully saturated rings. The van der Waals surface area contributed by atoms with Gasteiger partial charge in [-0.25, -0.2) is 4.79 Å². The van der Waals surface area contributed by atoms with Crippen LogP contribution in [0.2, 0.25) is 0 Å². The predicted molar refractivity (Wildman–Crippen MR) is 88.4 cm³/mol. The van der Waals surface area contributed by atoms with Crippen LogP contribution in [0.4, 0.5) is 4.79 Å². The molecule has 0 aliphatic carbocycles. The number of carbonyl (C=O) groups excluding carboxylic acids is 1. The number of fused-ring (bicyclic) bond motifs is 1. The van der Waals surface area contributed by atoms with E-state index in [2.05, 4.69) is 10.3 Å². The van der Waals surface area contributed by atoms with Gasteiger partial charge >= 0.3 is 6.03 Å². The average molecular weight is 317 g/mol. The van der Waals surface area contributed by atoms with E-state index in [-0.39, 0.29) is 18.4 Å². The molecule has 124 valence electrons. The SMILES string of the molecule is O=C(NCCc1c[nH]c2ccc(O)cc12)N1CCC(CCO)C1. The van der Waals surface area contributed by atoms with Crippen LogP contribution in [0.25, 0.3) is 10.9 Å². The monoisotopic (exact) mass is 317 g/mol. The molecule has 1 aromatic carbocycles. The Balaban J connectivity index is 1.51. The van der Waals surface area contributed by atoms with Crippen molar-refractivity contribution < 1.29 is 15.0 Å². The molecule has 1 unspecified atom stereocenters. The first-order valence-corrected chi connectivity index (χ1v) is 8.10. The Bertz CT molecular complexity index is 683. The van der Waals surface area contributed by atoms with Gasteiger partial charge in [-0.2, -0.15) is 0 Å². The van der Waals surface area contributed by atoms with Crippen molar-refractivity contribution in [2.45, 2.75) is 19.3 Å². The molecule has 1 atom stereocenters. The smallest absolute Gasteiger partial charge is 0.317 e. The predicted octanol–water partition coefficient (Wildman–Crippen LogP) is 1.83. The maximum absolute atomic E-state index is 12.1. The maximum Gasteiger partial charge on any atom is 0.317 e. The summed E-state index contributed by atoms with van der Waals surface area (Å²) < 4.78 is 0. The molecular formula is C17H23N3O3. The molecule has 2 amide bonds. The van der Waals surface area contributed by atoms with E-state index in [4.69, 9.17) is 5.11 Å². The van der Waals surface area contributed by atoms with Crippen molar-refractivity contribution in [3.63, 3.8) is 0 Å². The van der Waals surface area contributed by atoms with Gasteiger partial charge in [0.15, 0.2) is 0 Å². The standard InChI is InChI=1S/C17H23N3O3/c21-8-5-12-4-7-20(11-12)17(23)18-6-3-13-10-19-16-2-1-14(22)9-15(13)16/h1-2,9-10,12,19,21-22H,3-8,11H2,(H,18,23). The molecule has 0 bridgehead atoms. The molecule has 1 saturated heterocycles. The largest absolute Gasteiger partial charge is 0.508 e. The van der Waals surface area contributed by atoms with E-state index in [1.165, 1.54) is 0 Å². The fourth-order valence-corrected chi connectivity index (χ4v) is 3.22.